The van der Waals surface area contributed by atoms with Crippen LogP contribution in [0.5, 0.6) is 0 Å². The van der Waals surface area contributed by atoms with Crippen LogP contribution in [-0.4, -0.2) is 21.7 Å². The number of aryl methyl sites for hydroxylation is 2. The lowest BCUT2D eigenvalue weighted by molar-refractivity contribution is 0.429. The van der Waals surface area contributed by atoms with Crippen molar-refractivity contribution in [2.24, 2.45) is 5.92 Å². The van der Waals surface area contributed by atoms with Crippen LogP contribution in [0.3, 0.4) is 0 Å². The fraction of sp³-hybridized carbons (Fsp3) is 0.462. The first kappa shape index (κ1) is 12.5. The maximum atomic E-state index is 5.14. The molecule has 0 atom stereocenters. The van der Waals surface area contributed by atoms with Crippen molar-refractivity contribution in [1.29, 1.82) is 0 Å². The van der Waals surface area contributed by atoms with Gasteiger partial charge in [-0.25, -0.2) is 0 Å². The SMILES string of the molecule is Cc1cnc(-c2noc(NCC(C)C)n2)c(C)c1. The zero-order valence-corrected chi connectivity index (χ0v) is 11.2. The van der Waals surface area contributed by atoms with Crippen LogP contribution >= 0.6 is 0 Å². The summed E-state index contributed by atoms with van der Waals surface area (Å²) in [6, 6.07) is 2.50. The summed E-state index contributed by atoms with van der Waals surface area (Å²) < 4.78 is 5.14. The minimum Gasteiger partial charge on any atom is -0.337 e. The molecule has 2 aromatic heterocycles. The van der Waals surface area contributed by atoms with Crippen molar-refractivity contribution in [3.05, 3.63) is 23.4 Å². The number of hydrogen-bond donors (Lipinski definition) is 1. The third-order valence-electron chi connectivity index (χ3n) is 2.51. The average Bonchev–Trinajstić information content (AvgIpc) is 2.75. The van der Waals surface area contributed by atoms with Crippen molar-refractivity contribution >= 4 is 6.01 Å². The van der Waals surface area contributed by atoms with Crippen LogP contribution in [-0.2, 0) is 0 Å². The molecule has 5 heteroatoms. The molecule has 0 fully saturated rings. The highest BCUT2D eigenvalue weighted by Gasteiger charge is 2.12. The van der Waals surface area contributed by atoms with Gasteiger partial charge in [0, 0.05) is 12.7 Å². The van der Waals surface area contributed by atoms with Gasteiger partial charge in [-0.2, -0.15) is 4.98 Å². The van der Waals surface area contributed by atoms with Gasteiger partial charge < -0.3 is 9.84 Å². The Morgan fingerprint density at radius 1 is 1.33 bits per heavy atom. The molecule has 96 valence electrons. The van der Waals surface area contributed by atoms with Crippen molar-refractivity contribution in [3.63, 3.8) is 0 Å². The maximum Gasteiger partial charge on any atom is 0.321 e. The monoisotopic (exact) mass is 246 g/mol. The van der Waals surface area contributed by atoms with Crippen LogP contribution in [0.25, 0.3) is 11.5 Å². The van der Waals surface area contributed by atoms with E-state index in [4.69, 9.17) is 4.52 Å². The molecule has 0 aromatic carbocycles. The van der Waals surface area contributed by atoms with Crippen molar-refractivity contribution in [2.45, 2.75) is 27.7 Å². The number of pyridine rings is 1. The number of hydrogen-bond acceptors (Lipinski definition) is 5. The Labute approximate surface area is 107 Å². The minimum absolute atomic E-state index is 0.445. The van der Waals surface area contributed by atoms with Crippen LogP contribution in [0.15, 0.2) is 16.8 Å². The van der Waals surface area contributed by atoms with Crippen LogP contribution in [0, 0.1) is 19.8 Å². The Hall–Kier alpha value is -1.91. The summed E-state index contributed by atoms with van der Waals surface area (Å²) in [5, 5.41) is 7.04. The first-order valence-corrected chi connectivity index (χ1v) is 6.07. The second kappa shape index (κ2) is 5.16. The molecule has 0 bridgehead atoms. The topological polar surface area (TPSA) is 63.8 Å². The van der Waals surface area contributed by atoms with E-state index in [2.05, 4.69) is 40.4 Å². The van der Waals surface area contributed by atoms with Crippen molar-refractivity contribution in [1.82, 2.24) is 15.1 Å². The smallest absolute Gasteiger partial charge is 0.321 e. The molecule has 0 aliphatic rings. The molecule has 2 aromatic rings. The Balaban J connectivity index is 2.18. The zero-order chi connectivity index (χ0) is 13.1. The summed E-state index contributed by atoms with van der Waals surface area (Å²) in [7, 11) is 0. The first-order valence-electron chi connectivity index (χ1n) is 6.07. The third kappa shape index (κ3) is 2.85. The fourth-order valence-electron chi connectivity index (χ4n) is 1.63. The van der Waals surface area contributed by atoms with E-state index in [1.807, 2.05) is 13.8 Å². The molecule has 0 aliphatic carbocycles. The van der Waals surface area contributed by atoms with Gasteiger partial charge >= 0.3 is 6.01 Å². The van der Waals surface area contributed by atoms with E-state index >= 15 is 0 Å². The lowest BCUT2D eigenvalue weighted by atomic mass is 10.1. The highest BCUT2D eigenvalue weighted by atomic mass is 16.5. The van der Waals surface area contributed by atoms with Crippen molar-refractivity contribution in [2.75, 3.05) is 11.9 Å². The molecular weight excluding hydrogens is 228 g/mol. The molecule has 0 aliphatic heterocycles. The van der Waals surface area contributed by atoms with Crippen LogP contribution < -0.4 is 5.32 Å². The van der Waals surface area contributed by atoms with E-state index in [9.17, 15) is 0 Å². The fourth-order valence-corrected chi connectivity index (χ4v) is 1.63. The van der Waals surface area contributed by atoms with E-state index < -0.39 is 0 Å². The molecule has 2 rings (SSSR count). The van der Waals surface area contributed by atoms with Crippen molar-refractivity contribution in [3.8, 4) is 11.5 Å². The Morgan fingerprint density at radius 2 is 2.11 bits per heavy atom. The number of rotatable bonds is 4. The summed E-state index contributed by atoms with van der Waals surface area (Å²) in [5.74, 6) is 1.05. The highest BCUT2D eigenvalue weighted by Crippen LogP contribution is 2.19. The van der Waals surface area contributed by atoms with E-state index in [1.54, 1.807) is 6.20 Å². The summed E-state index contributed by atoms with van der Waals surface area (Å²) >= 11 is 0. The highest BCUT2D eigenvalue weighted by molar-refractivity contribution is 5.55. The van der Waals surface area contributed by atoms with Crippen molar-refractivity contribution < 1.29 is 4.52 Å². The van der Waals surface area contributed by atoms with Crippen LogP contribution in [0.2, 0.25) is 0 Å². The van der Waals surface area contributed by atoms with E-state index in [0.29, 0.717) is 17.8 Å². The molecule has 0 amide bonds. The van der Waals surface area contributed by atoms with Gasteiger partial charge in [0.05, 0.1) is 0 Å². The quantitative estimate of drug-likeness (QED) is 0.898. The van der Waals surface area contributed by atoms with Gasteiger partial charge in [0.25, 0.3) is 0 Å². The summed E-state index contributed by atoms with van der Waals surface area (Å²) in [6.07, 6.45) is 1.81. The first-order chi connectivity index (χ1) is 8.56. The second-order valence-corrected chi connectivity index (χ2v) is 4.88. The zero-order valence-electron chi connectivity index (χ0n) is 11.2. The molecule has 1 N–H and O–H groups in total. The van der Waals surface area contributed by atoms with Gasteiger partial charge in [-0.1, -0.05) is 25.1 Å². The lowest BCUT2D eigenvalue weighted by Crippen LogP contribution is -2.07. The normalized spacial score (nSPS) is 10.9. The lowest BCUT2D eigenvalue weighted by Gasteiger charge is -2.02. The molecular formula is C13H18N4O. The Kier molecular flexibility index (Phi) is 3.60. The van der Waals surface area contributed by atoms with Gasteiger partial charge in [-0.15, -0.1) is 0 Å². The molecule has 2 heterocycles. The third-order valence-corrected chi connectivity index (χ3v) is 2.51. The number of aromatic nitrogens is 3. The number of anilines is 1. The molecule has 0 unspecified atom stereocenters. The maximum absolute atomic E-state index is 5.14. The standard InChI is InChI=1S/C13H18N4O/c1-8(2)6-15-13-16-12(17-18-13)11-10(4)5-9(3)7-14-11/h5,7-8H,6H2,1-4H3,(H,15,16,17). The Morgan fingerprint density at radius 3 is 2.78 bits per heavy atom. The second-order valence-electron chi connectivity index (χ2n) is 4.88. The summed E-state index contributed by atoms with van der Waals surface area (Å²) in [4.78, 5) is 8.64. The van der Waals surface area contributed by atoms with E-state index in [-0.39, 0.29) is 0 Å². The molecule has 0 saturated carbocycles. The van der Waals surface area contributed by atoms with Crippen LogP contribution in [0.4, 0.5) is 6.01 Å². The molecule has 5 nitrogen and oxygen atoms in total. The van der Waals surface area contributed by atoms with Gasteiger partial charge in [0.1, 0.15) is 5.69 Å². The predicted molar refractivity (Wildman–Crippen MR) is 70.3 cm³/mol. The molecule has 0 saturated heterocycles. The van der Waals surface area contributed by atoms with Gasteiger partial charge in [-0.3, -0.25) is 4.98 Å². The summed E-state index contributed by atoms with van der Waals surface area (Å²) in [6.45, 7) is 9.05. The largest absolute Gasteiger partial charge is 0.337 e. The van der Waals surface area contributed by atoms with Crippen LogP contribution in [0.1, 0.15) is 25.0 Å². The number of nitrogens with zero attached hydrogens (tertiary/aromatic N) is 3. The predicted octanol–water partition coefficient (Wildman–Crippen LogP) is 2.82. The number of nitrogens with one attached hydrogen (secondary N) is 1. The Bertz CT molecular complexity index is 534. The molecule has 18 heavy (non-hydrogen) atoms. The minimum atomic E-state index is 0.445. The van der Waals surface area contributed by atoms with Gasteiger partial charge in [0.2, 0.25) is 5.82 Å². The molecule has 0 spiro atoms. The average molecular weight is 246 g/mol. The molecule has 0 radical (unpaired) electrons. The van der Waals surface area contributed by atoms with Gasteiger partial charge in [0.15, 0.2) is 0 Å². The van der Waals surface area contributed by atoms with Gasteiger partial charge in [-0.05, 0) is 30.9 Å². The summed E-state index contributed by atoms with van der Waals surface area (Å²) in [5.41, 5.74) is 2.94. The van der Waals surface area contributed by atoms with E-state index in [0.717, 1.165) is 23.4 Å². The van der Waals surface area contributed by atoms with E-state index in [1.165, 1.54) is 0 Å².